The quantitative estimate of drug-likeness (QED) is 0.651. The highest BCUT2D eigenvalue weighted by molar-refractivity contribution is 9.10. The van der Waals surface area contributed by atoms with Crippen molar-refractivity contribution in [1.29, 1.82) is 0 Å². The van der Waals surface area contributed by atoms with Gasteiger partial charge in [-0.15, -0.1) is 0 Å². The SMILES string of the molecule is O=C(c1cc(-c2cccnc2)on1)N1CCC(Oc2ncccc2Br)C1. The first-order valence-corrected chi connectivity index (χ1v) is 8.93. The maximum atomic E-state index is 12.7. The minimum Gasteiger partial charge on any atom is -0.472 e. The summed E-state index contributed by atoms with van der Waals surface area (Å²) in [5.41, 5.74) is 1.06. The first-order chi connectivity index (χ1) is 12.7. The number of aromatic nitrogens is 3. The van der Waals surface area contributed by atoms with E-state index in [1.807, 2.05) is 18.2 Å². The van der Waals surface area contributed by atoms with Gasteiger partial charge in [-0.25, -0.2) is 4.98 Å². The van der Waals surface area contributed by atoms with E-state index in [4.69, 9.17) is 9.26 Å². The first kappa shape index (κ1) is 16.7. The summed E-state index contributed by atoms with van der Waals surface area (Å²) >= 11 is 3.41. The summed E-state index contributed by atoms with van der Waals surface area (Å²) in [4.78, 5) is 22.6. The molecule has 7 nitrogen and oxygen atoms in total. The molecule has 4 heterocycles. The van der Waals surface area contributed by atoms with E-state index in [2.05, 4.69) is 31.1 Å². The van der Waals surface area contributed by atoms with Crippen LogP contribution in [0.15, 0.2) is 57.9 Å². The molecule has 0 aromatic carbocycles. The summed E-state index contributed by atoms with van der Waals surface area (Å²) < 4.78 is 12.0. The normalized spacial score (nSPS) is 16.7. The molecule has 1 fully saturated rings. The summed E-state index contributed by atoms with van der Waals surface area (Å²) in [5, 5.41) is 3.91. The summed E-state index contributed by atoms with van der Waals surface area (Å²) in [6, 6.07) is 8.99. The van der Waals surface area contributed by atoms with E-state index in [0.717, 1.165) is 16.5 Å². The number of likely N-dealkylation sites (tertiary alicyclic amines) is 1. The van der Waals surface area contributed by atoms with Crippen molar-refractivity contribution in [2.75, 3.05) is 13.1 Å². The maximum absolute atomic E-state index is 12.7. The zero-order valence-corrected chi connectivity index (χ0v) is 15.3. The van der Waals surface area contributed by atoms with Gasteiger partial charge in [-0.1, -0.05) is 5.16 Å². The second-order valence-corrected chi connectivity index (χ2v) is 6.74. The molecule has 3 aromatic rings. The molecule has 1 aliphatic heterocycles. The molecule has 3 aromatic heterocycles. The third-order valence-corrected chi connectivity index (χ3v) is 4.71. The highest BCUT2D eigenvalue weighted by Gasteiger charge is 2.30. The summed E-state index contributed by atoms with van der Waals surface area (Å²) in [6.07, 6.45) is 5.65. The molecule has 0 bridgehead atoms. The van der Waals surface area contributed by atoms with Gasteiger partial charge in [-0.2, -0.15) is 0 Å². The molecule has 4 rings (SSSR count). The van der Waals surface area contributed by atoms with Crippen LogP contribution in [0, 0.1) is 0 Å². The molecule has 1 unspecified atom stereocenters. The standard InChI is InChI=1S/C18H15BrN4O3/c19-14-4-2-7-21-17(14)25-13-5-8-23(11-13)18(24)15-9-16(26-22-15)12-3-1-6-20-10-12/h1-4,6-7,9-10,13H,5,8,11H2. The first-order valence-electron chi connectivity index (χ1n) is 8.14. The van der Waals surface area contributed by atoms with Crippen molar-refractivity contribution in [2.45, 2.75) is 12.5 Å². The zero-order valence-electron chi connectivity index (χ0n) is 13.7. The Hall–Kier alpha value is -2.74. The monoisotopic (exact) mass is 414 g/mol. The Morgan fingerprint density at radius 1 is 1.31 bits per heavy atom. The average molecular weight is 415 g/mol. The van der Waals surface area contributed by atoms with E-state index in [9.17, 15) is 4.79 Å². The fourth-order valence-corrected chi connectivity index (χ4v) is 3.16. The molecule has 1 atom stereocenters. The average Bonchev–Trinajstić information content (AvgIpc) is 3.34. The molecule has 0 aliphatic carbocycles. The molecule has 0 spiro atoms. The molecule has 0 saturated carbocycles. The molecular formula is C18H15BrN4O3. The Kier molecular flexibility index (Phi) is 4.66. The number of rotatable bonds is 4. The topological polar surface area (TPSA) is 81.4 Å². The number of ether oxygens (including phenoxy) is 1. The Morgan fingerprint density at radius 3 is 3.00 bits per heavy atom. The number of hydrogen-bond acceptors (Lipinski definition) is 6. The van der Waals surface area contributed by atoms with Crippen molar-refractivity contribution >= 4 is 21.8 Å². The predicted molar refractivity (Wildman–Crippen MR) is 96.6 cm³/mol. The smallest absolute Gasteiger partial charge is 0.276 e. The highest BCUT2D eigenvalue weighted by atomic mass is 79.9. The van der Waals surface area contributed by atoms with Gasteiger partial charge in [-0.05, 0) is 40.2 Å². The van der Waals surface area contributed by atoms with E-state index >= 15 is 0 Å². The van der Waals surface area contributed by atoms with Gasteiger partial charge in [0.25, 0.3) is 5.91 Å². The summed E-state index contributed by atoms with van der Waals surface area (Å²) in [7, 11) is 0. The minimum atomic E-state index is -0.171. The van der Waals surface area contributed by atoms with Crippen LogP contribution in [0.25, 0.3) is 11.3 Å². The van der Waals surface area contributed by atoms with Gasteiger partial charge in [0.1, 0.15) is 6.10 Å². The molecule has 0 N–H and O–H groups in total. The van der Waals surface area contributed by atoms with E-state index < -0.39 is 0 Å². The van der Waals surface area contributed by atoms with E-state index in [1.54, 1.807) is 35.6 Å². The number of carbonyl (C=O) groups excluding carboxylic acids is 1. The van der Waals surface area contributed by atoms with Crippen LogP contribution in [-0.4, -0.2) is 45.1 Å². The second kappa shape index (κ2) is 7.25. The molecule has 132 valence electrons. The molecule has 1 aliphatic rings. The molecule has 1 saturated heterocycles. The van der Waals surface area contributed by atoms with E-state index in [-0.39, 0.29) is 17.7 Å². The lowest BCUT2D eigenvalue weighted by atomic mass is 10.2. The fourth-order valence-electron chi connectivity index (χ4n) is 2.81. The lowest BCUT2D eigenvalue weighted by Gasteiger charge is -2.16. The van der Waals surface area contributed by atoms with Crippen LogP contribution >= 0.6 is 15.9 Å². The third kappa shape index (κ3) is 3.45. The molecule has 1 amide bonds. The van der Waals surface area contributed by atoms with E-state index in [1.165, 1.54) is 0 Å². The van der Waals surface area contributed by atoms with Gasteiger partial charge in [-0.3, -0.25) is 9.78 Å². The molecular weight excluding hydrogens is 400 g/mol. The van der Waals surface area contributed by atoms with Crippen molar-refractivity contribution < 1.29 is 14.1 Å². The van der Waals surface area contributed by atoms with Crippen LogP contribution in [0.4, 0.5) is 0 Å². The number of nitrogens with zero attached hydrogens (tertiary/aromatic N) is 4. The predicted octanol–water partition coefficient (Wildman–Crippen LogP) is 3.19. The zero-order chi connectivity index (χ0) is 17.9. The number of carbonyl (C=O) groups is 1. The second-order valence-electron chi connectivity index (χ2n) is 5.89. The van der Waals surface area contributed by atoms with Gasteiger partial charge in [0, 0.05) is 43.2 Å². The van der Waals surface area contributed by atoms with Crippen molar-refractivity contribution in [2.24, 2.45) is 0 Å². The largest absolute Gasteiger partial charge is 0.472 e. The van der Waals surface area contributed by atoms with Crippen LogP contribution in [0.3, 0.4) is 0 Å². The van der Waals surface area contributed by atoms with Crippen molar-refractivity contribution in [3.05, 3.63) is 59.1 Å². The van der Waals surface area contributed by atoms with Crippen molar-refractivity contribution in [3.63, 3.8) is 0 Å². The van der Waals surface area contributed by atoms with Crippen molar-refractivity contribution in [3.8, 4) is 17.2 Å². The van der Waals surface area contributed by atoms with Crippen LogP contribution in [0.1, 0.15) is 16.9 Å². The third-order valence-electron chi connectivity index (χ3n) is 4.11. The summed E-state index contributed by atoms with van der Waals surface area (Å²) in [5.74, 6) is 0.882. The van der Waals surface area contributed by atoms with Gasteiger partial charge < -0.3 is 14.2 Å². The number of halogens is 1. The number of amides is 1. The minimum absolute atomic E-state index is 0.102. The van der Waals surface area contributed by atoms with Crippen LogP contribution in [-0.2, 0) is 0 Å². The molecule has 26 heavy (non-hydrogen) atoms. The van der Waals surface area contributed by atoms with E-state index in [0.29, 0.717) is 24.7 Å². The highest BCUT2D eigenvalue weighted by Crippen LogP contribution is 2.25. The number of hydrogen-bond donors (Lipinski definition) is 0. The van der Waals surface area contributed by atoms with Gasteiger partial charge in [0.15, 0.2) is 11.5 Å². The van der Waals surface area contributed by atoms with Crippen LogP contribution < -0.4 is 4.74 Å². The Bertz CT molecular complexity index is 916. The fraction of sp³-hybridized carbons (Fsp3) is 0.222. The maximum Gasteiger partial charge on any atom is 0.276 e. The van der Waals surface area contributed by atoms with Gasteiger partial charge in [0.05, 0.1) is 11.0 Å². The lowest BCUT2D eigenvalue weighted by Crippen LogP contribution is -2.31. The van der Waals surface area contributed by atoms with Crippen molar-refractivity contribution in [1.82, 2.24) is 20.0 Å². The molecule has 0 radical (unpaired) electrons. The Balaban J connectivity index is 1.42. The Morgan fingerprint density at radius 2 is 2.19 bits per heavy atom. The Labute approximate surface area is 158 Å². The molecule has 8 heteroatoms. The number of pyridine rings is 2. The van der Waals surface area contributed by atoms with Crippen LogP contribution in [0.5, 0.6) is 5.88 Å². The summed E-state index contributed by atoms with van der Waals surface area (Å²) in [6.45, 7) is 1.08. The van der Waals surface area contributed by atoms with Gasteiger partial charge in [0.2, 0.25) is 5.88 Å². The van der Waals surface area contributed by atoms with Crippen LogP contribution in [0.2, 0.25) is 0 Å². The van der Waals surface area contributed by atoms with Gasteiger partial charge >= 0.3 is 0 Å². The lowest BCUT2D eigenvalue weighted by molar-refractivity contribution is 0.0761.